The molecule has 0 aliphatic carbocycles. The number of carbonyl (C=O) groups is 3. The van der Waals surface area contributed by atoms with Crippen molar-refractivity contribution in [3.8, 4) is 0 Å². The van der Waals surface area contributed by atoms with Crippen LogP contribution >= 0.6 is 0 Å². The second-order valence-corrected chi connectivity index (χ2v) is 10.4. The third-order valence-corrected chi connectivity index (χ3v) is 4.96. The maximum atomic E-state index is 12.4. The summed E-state index contributed by atoms with van der Waals surface area (Å²) in [7, 11) is 0. The second-order valence-electron chi connectivity index (χ2n) is 10.4. The molecule has 0 atom stereocenters. The van der Waals surface area contributed by atoms with Crippen LogP contribution in [0.4, 0.5) is 4.79 Å². The van der Waals surface area contributed by atoms with Crippen molar-refractivity contribution in [1.82, 2.24) is 4.90 Å². The minimum absolute atomic E-state index is 0.171. The van der Waals surface area contributed by atoms with Crippen LogP contribution in [0.2, 0.25) is 0 Å². The number of ether oxygens (including phenoxy) is 3. The van der Waals surface area contributed by atoms with Crippen LogP contribution in [0.15, 0.2) is 0 Å². The highest BCUT2D eigenvalue weighted by molar-refractivity contribution is 5.75. The summed E-state index contributed by atoms with van der Waals surface area (Å²) in [4.78, 5) is 38.6. The fourth-order valence-electron chi connectivity index (χ4n) is 3.40. The molecule has 1 saturated heterocycles. The van der Waals surface area contributed by atoms with Gasteiger partial charge in [-0.2, -0.15) is 0 Å². The standard InChI is InChI=1S/C23H41NO7/c1-16(2)14-29-19(25)12-23(28,13-20(26)30-15-17(3)4)18-8-10-24(11-9-18)21(27)31-22(5,6)7/h16-18,28H,8-15H2,1-7H3. The fourth-order valence-corrected chi connectivity index (χ4v) is 3.40. The Hall–Kier alpha value is -1.83. The summed E-state index contributed by atoms with van der Waals surface area (Å²) in [5, 5.41) is 11.4. The molecule has 1 rings (SSSR count). The molecule has 8 nitrogen and oxygen atoms in total. The van der Waals surface area contributed by atoms with Gasteiger partial charge in [0.2, 0.25) is 0 Å². The number of piperidine rings is 1. The number of hydrogen-bond acceptors (Lipinski definition) is 7. The third-order valence-electron chi connectivity index (χ3n) is 4.96. The van der Waals surface area contributed by atoms with E-state index in [4.69, 9.17) is 14.2 Å². The molecule has 0 bridgehead atoms. The predicted molar refractivity (Wildman–Crippen MR) is 116 cm³/mol. The lowest BCUT2D eigenvalue weighted by Crippen LogP contribution is -2.50. The highest BCUT2D eigenvalue weighted by atomic mass is 16.6. The Balaban J connectivity index is 2.82. The molecule has 0 spiro atoms. The summed E-state index contributed by atoms with van der Waals surface area (Å²) in [5.41, 5.74) is -2.17. The Morgan fingerprint density at radius 1 is 0.903 bits per heavy atom. The van der Waals surface area contributed by atoms with Gasteiger partial charge in [-0.25, -0.2) is 4.79 Å². The van der Waals surface area contributed by atoms with Gasteiger partial charge in [-0.3, -0.25) is 9.59 Å². The van der Waals surface area contributed by atoms with Gasteiger partial charge in [0, 0.05) is 13.1 Å². The number of esters is 2. The second kappa shape index (κ2) is 11.7. The monoisotopic (exact) mass is 443 g/mol. The van der Waals surface area contributed by atoms with Gasteiger partial charge in [0.15, 0.2) is 0 Å². The third kappa shape index (κ3) is 10.4. The highest BCUT2D eigenvalue weighted by Gasteiger charge is 2.44. The van der Waals surface area contributed by atoms with Crippen molar-refractivity contribution in [3.63, 3.8) is 0 Å². The quantitative estimate of drug-likeness (QED) is 0.429. The zero-order valence-corrected chi connectivity index (χ0v) is 20.2. The van der Waals surface area contributed by atoms with E-state index in [1.807, 2.05) is 48.5 Å². The molecule has 1 fully saturated rings. The van der Waals surface area contributed by atoms with Crippen molar-refractivity contribution in [2.75, 3.05) is 26.3 Å². The Labute approximate surface area is 186 Å². The maximum absolute atomic E-state index is 12.4. The van der Waals surface area contributed by atoms with E-state index in [-0.39, 0.29) is 43.8 Å². The number of hydrogen-bond donors (Lipinski definition) is 1. The minimum Gasteiger partial charge on any atom is -0.465 e. The van der Waals surface area contributed by atoms with E-state index >= 15 is 0 Å². The molecule has 8 heteroatoms. The van der Waals surface area contributed by atoms with Gasteiger partial charge in [-0.05, 0) is 51.4 Å². The van der Waals surface area contributed by atoms with Crippen molar-refractivity contribution < 1.29 is 33.7 Å². The van der Waals surface area contributed by atoms with E-state index in [1.54, 1.807) is 4.90 Å². The van der Waals surface area contributed by atoms with Gasteiger partial charge >= 0.3 is 18.0 Å². The normalized spacial score (nSPS) is 15.9. The van der Waals surface area contributed by atoms with Crippen LogP contribution in [0.3, 0.4) is 0 Å². The molecular formula is C23H41NO7. The molecule has 0 radical (unpaired) electrons. The van der Waals surface area contributed by atoms with E-state index in [0.29, 0.717) is 25.9 Å². The molecule has 1 heterocycles. The van der Waals surface area contributed by atoms with Crippen LogP contribution in [0.25, 0.3) is 0 Å². The molecule has 1 aliphatic heterocycles. The molecular weight excluding hydrogens is 402 g/mol. The molecule has 1 aliphatic rings. The lowest BCUT2D eigenvalue weighted by molar-refractivity contribution is -0.162. The lowest BCUT2D eigenvalue weighted by Gasteiger charge is -2.40. The highest BCUT2D eigenvalue weighted by Crippen LogP contribution is 2.35. The molecule has 0 aromatic carbocycles. The van der Waals surface area contributed by atoms with Gasteiger partial charge in [0.05, 0.1) is 31.7 Å². The van der Waals surface area contributed by atoms with Crippen LogP contribution in [-0.4, -0.2) is 65.5 Å². The molecule has 0 aromatic rings. The summed E-state index contributed by atoms with van der Waals surface area (Å²) in [5.74, 6) is -1.08. The summed E-state index contributed by atoms with van der Waals surface area (Å²) in [6, 6.07) is 0. The average molecular weight is 444 g/mol. The van der Waals surface area contributed by atoms with Crippen LogP contribution in [-0.2, 0) is 23.8 Å². The van der Waals surface area contributed by atoms with Crippen LogP contribution in [0.1, 0.15) is 74.1 Å². The Morgan fingerprint density at radius 2 is 1.32 bits per heavy atom. The number of amides is 1. The summed E-state index contributed by atoms with van der Waals surface area (Å²) in [6.07, 6.45) is -0.0709. The first-order chi connectivity index (χ1) is 14.2. The Kier molecular flexibility index (Phi) is 10.3. The number of carbonyl (C=O) groups excluding carboxylic acids is 3. The first-order valence-electron chi connectivity index (χ1n) is 11.2. The first-order valence-corrected chi connectivity index (χ1v) is 11.2. The van der Waals surface area contributed by atoms with Crippen molar-refractivity contribution >= 4 is 18.0 Å². The lowest BCUT2D eigenvalue weighted by atomic mass is 9.76. The molecule has 0 unspecified atom stereocenters. The van der Waals surface area contributed by atoms with Gasteiger partial charge < -0.3 is 24.2 Å². The number of aliphatic hydroxyl groups is 1. The van der Waals surface area contributed by atoms with Crippen LogP contribution < -0.4 is 0 Å². The molecule has 0 aromatic heterocycles. The summed E-state index contributed by atoms with van der Waals surface area (Å²) in [6.45, 7) is 14.4. The van der Waals surface area contributed by atoms with Crippen LogP contribution in [0.5, 0.6) is 0 Å². The Bertz CT molecular complexity index is 576. The zero-order chi connectivity index (χ0) is 23.8. The van der Waals surface area contributed by atoms with E-state index in [0.717, 1.165) is 0 Å². The Morgan fingerprint density at radius 3 is 1.68 bits per heavy atom. The summed E-state index contributed by atoms with van der Waals surface area (Å²) >= 11 is 0. The van der Waals surface area contributed by atoms with E-state index < -0.39 is 29.2 Å². The van der Waals surface area contributed by atoms with Gasteiger partial charge in [-0.1, -0.05) is 27.7 Å². The van der Waals surface area contributed by atoms with Gasteiger partial charge in [-0.15, -0.1) is 0 Å². The van der Waals surface area contributed by atoms with Crippen molar-refractivity contribution in [1.29, 1.82) is 0 Å². The maximum Gasteiger partial charge on any atom is 0.410 e. The SMILES string of the molecule is CC(C)COC(=O)CC(O)(CC(=O)OCC(C)C)C1CCN(C(=O)OC(C)(C)C)CC1. The number of likely N-dealkylation sites (tertiary alicyclic amines) is 1. The minimum atomic E-state index is -1.58. The molecule has 31 heavy (non-hydrogen) atoms. The molecule has 0 saturated carbocycles. The topological polar surface area (TPSA) is 102 Å². The van der Waals surface area contributed by atoms with Crippen molar-refractivity contribution in [2.45, 2.75) is 85.4 Å². The largest absolute Gasteiger partial charge is 0.465 e. The van der Waals surface area contributed by atoms with E-state index in [9.17, 15) is 19.5 Å². The van der Waals surface area contributed by atoms with Crippen LogP contribution in [0, 0.1) is 17.8 Å². The zero-order valence-electron chi connectivity index (χ0n) is 20.2. The number of rotatable bonds is 9. The van der Waals surface area contributed by atoms with E-state index in [2.05, 4.69) is 0 Å². The van der Waals surface area contributed by atoms with Crippen molar-refractivity contribution in [2.24, 2.45) is 17.8 Å². The van der Waals surface area contributed by atoms with Gasteiger partial charge in [0.1, 0.15) is 5.60 Å². The van der Waals surface area contributed by atoms with Gasteiger partial charge in [0.25, 0.3) is 0 Å². The molecule has 180 valence electrons. The smallest absolute Gasteiger partial charge is 0.410 e. The van der Waals surface area contributed by atoms with Crippen molar-refractivity contribution in [3.05, 3.63) is 0 Å². The number of nitrogens with zero attached hydrogens (tertiary/aromatic N) is 1. The molecule has 1 N–H and O–H groups in total. The predicted octanol–water partition coefficient (Wildman–Crippen LogP) is 3.54. The fraction of sp³-hybridized carbons (Fsp3) is 0.870. The average Bonchev–Trinajstić information content (AvgIpc) is 2.63. The first kappa shape index (κ1) is 27.2. The van der Waals surface area contributed by atoms with E-state index in [1.165, 1.54) is 0 Å². The molecule has 1 amide bonds. The summed E-state index contributed by atoms with van der Waals surface area (Å²) < 4.78 is 15.9.